The van der Waals surface area contributed by atoms with Crippen LogP contribution in [-0.4, -0.2) is 49.0 Å². The SMILES string of the molecule is CN(c1cnc(-c2ccc(-c3cc(=O)n(C)cc3F)cc2O)nn1)[C@H]1C[C@]2(C)CCC[C@](C)(C1)N2. The van der Waals surface area contributed by atoms with Gasteiger partial charge in [0, 0.05) is 49.0 Å². The Balaban J connectivity index is 1.37. The zero-order chi connectivity index (χ0) is 25.0. The van der Waals surface area contributed by atoms with Gasteiger partial charge in [-0.05, 0) is 63.6 Å². The third kappa shape index (κ3) is 4.40. The minimum atomic E-state index is -0.547. The summed E-state index contributed by atoms with van der Waals surface area (Å²) in [6, 6.07) is 6.19. The van der Waals surface area contributed by atoms with Gasteiger partial charge in [-0.2, -0.15) is 0 Å². The van der Waals surface area contributed by atoms with E-state index in [1.165, 1.54) is 43.0 Å². The van der Waals surface area contributed by atoms with Gasteiger partial charge in [-0.1, -0.05) is 6.07 Å². The fourth-order valence-electron chi connectivity index (χ4n) is 5.86. The van der Waals surface area contributed by atoms with Gasteiger partial charge in [0.2, 0.25) is 0 Å². The lowest BCUT2D eigenvalue weighted by Crippen LogP contribution is -2.66. The summed E-state index contributed by atoms with van der Waals surface area (Å²) in [4.78, 5) is 18.6. The Morgan fingerprint density at radius 2 is 1.86 bits per heavy atom. The lowest BCUT2D eigenvalue weighted by Gasteiger charge is -2.55. The molecule has 2 aliphatic rings. The molecular formula is C26H31FN6O2. The highest BCUT2D eigenvalue weighted by Crippen LogP contribution is 2.41. The number of hydrogen-bond donors (Lipinski definition) is 2. The summed E-state index contributed by atoms with van der Waals surface area (Å²) >= 11 is 0. The van der Waals surface area contributed by atoms with Crippen molar-refractivity contribution in [1.82, 2.24) is 25.1 Å². The average Bonchev–Trinajstić information content (AvgIpc) is 2.80. The summed E-state index contributed by atoms with van der Waals surface area (Å²) in [6.07, 6.45) is 8.47. The quantitative estimate of drug-likeness (QED) is 0.591. The minimum absolute atomic E-state index is 0.113. The highest BCUT2D eigenvalue weighted by atomic mass is 19.1. The molecule has 184 valence electrons. The van der Waals surface area contributed by atoms with Gasteiger partial charge in [0.05, 0.1) is 11.8 Å². The molecule has 0 spiro atoms. The highest BCUT2D eigenvalue weighted by Gasteiger charge is 2.46. The van der Waals surface area contributed by atoms with Crippen LogP contribution in [0.15, 0.2) is 41.5 Å². The number of hydrogen-bond acceptors (Lipinski definition) is 7. The summed E-state index contributed by atoms with van der Waals surface area (Å²) in [6.45, 7) is 4.62. The number of halogens is 1. The van der Waals surface area contributed by atoms with Crippen molar-refractivity contribution < 1.29 is 9.50 Å². The molecule has 35 heavy (non-hydrogen) atoms. The van der Waals surface area contributed by atoms with E-state index in [4.69, 9.17) is 0 Å². The second kappa shape index (κ2) is 8.41. The molecule has 2 N–H and O–H groups in total. The number of aromatic nitrogens is 4. The number of aryl methyl sites for hydroxylation is 1. The molecule has 2 fully saturated rings. The van der Waals surface area contributed by atoms with Crippen LogP contribution in [0, 0.1) is 5.82 Å². The topological polar surface area (TPSA) is 96.2 Å². The van der Waals surface area contributed by atoms with Gasteiger partial charge in [-0.15, -0.1) is 10.2 Å². The summed E-state index contributed by atoms with van der Waals surface area (Å²) in [5.74, 6) is 0.299. The van der Waals surface area contributed by atoms with Crippen LogP contribution in [0.2, 0.25) is 0 Å². The summed E-state index contributed by atoms with van der Waals surface area (Å²) in [7, 11) is 3.52. The number of nitrogens with one attached hydrogen (secondary N) is 1. The fraction of sp³-hybridized carbons (Fsp3) is 0.462. The van der Waals surface area contributed by atoms with E-state index in [0.717, 1.165) is 19.0 Å². The van der Waals surface area contributed by atoms with Crippen molar-refractivity contribution in [2.24, 2.45) is 7.05 Å². The van der Waals surface area contributed by atoms with Crippen LogP contribution < -0.4 is 15.8 Å². The first-order valence-electron chi connectivity index (χ1n) is 12.0. The Kier molecular flexibility index (Phi) is 5.62. The molecule has 2 bridgehead atoms. The second-order valence-corrected chi connectivity index (χ2v) is 10.6. The van der Waals surface area contributed by atoms with Crippen LogP contribution in [0.5, 0.6) is 5.75 Å². The van der Waals surface area contributed by atoms with Gasteiger partial charge >= 0.3 is 0 Å². The predicted molar refractivity (Wildman–Crippen MR) is 133 cm³/mol. The number of fused-ring (bicyclic) bond motifs is 2. The Hall–Kier alpha value is -3.33. The molecular weight excluding hydrogens is 447 g/mol. The number of benzene rings is 1. The first-order chi connectivity index (χ1) is 16.6. The number of rotatable bonds is 4. The molecule has 0 aliphatic carbocycles. The van der Waals surface area contributed by atoms with Gasteiger partial charge in [0.1, 0.15) is 11.6 Å². The van der Waals surface area contributed by atoms with Crippen LogP contribution in [0.3, 0.4) is 0 Å². The lowest BCUT2D eigenvalue weighted by atomic mass is 9.69. The molecule has 1 aromatic carbocycles. The van der Waals surface area contributed by atoms with E-state index < -0.39 is 5.82 Å². The standard InChI is InChI=1S/C26H31FN6O2/c1-25-8-5-9-26(2,31-25)13-17(12-25)33(4)22-14-28-24(30-29-22)18-7-6-16(10-21(18)34)19-11-23(35)32(3)15-20(19)27/h6-7,10-11,14-15,17,31,34H,5,8-9,12-13H2,1-4H3/t17-,25-,26+. The number of nitrogens with zero attached hydrogens (tertiary/aromatic N) is 5. The van der Waals surface area contributed by atoms with Crippen LogP contribution >= 0.6 is 0 Å². The highest BCUT2D eigenvalue weighted by molar-refractivity contribution is 5.73. The lowest BCUT2D eigenvalue weighted by molar-refractivity contribution is 0.0784. The van der Waals surface area contributed by atoms with Gasteiger partial charge < -0.3 is 19.9 Å². The van der Waals surface area contributed by atoms with E-state index in [-0.39, 0.29) is 33.8 Å². The van der Waals surface area contributed by atoms with Crippen molar-refractivity contribution in [2.75, 3.05) is 11.9 Å². The van der Waals surface area contributed by atoms with Gasteiger partial charge in [0.15, 0.2) is 11.6 Å². The number of piperidine rings is 2. The number of phenolic OH excluding ortho intramolecular Hbond substituents is 1. The average molecular weight is 479 g/mol. The molecule has 3 atom stereocenters. The molecule has 2 aromatic heterocycles. The molecule has 0 radical (unpaired) electrons. The van der Waals surface area contributed by atoms with Crippen LogP contribution in [0.1, 0.15) is 46.0 Å². The Morgan fingerprint density at radius 3 is 2.49 bits per heavy atom. The van der Waals surface area contributed by atoms with E-state index >= 15 is 0 Å². The summed E-state index contributed by atoms with van der Waals surface area (Å²) in [5.41, 5.74) is 0.820. The van der Waals surface area contributed by atoms with Crippen LogP contribution in [0.4, 0.5) is 10.2 Å². The van der Waals surface area contributed by atoms with Crippen molar-refractivity contribution in [3.63, 3.8) is 0 Å². The number of pyridine rings is 1. The fourth-order valence-corrected chi connectivity index (χ4v) is 5.86. The molecule has 0 amide bonds. The molecule has 8 nitrogen and oxygen atoms in total. The maximum absolute atomic E-state index is 14.4. The molecule has 4 heterocycles. The first-order valence-corrected chi connectivity index (χ1v) is 12.0. The number of anilines is 1. The maximum Gasteiger partial charge on any atom is 0.251 e. The summed E-state index contributed by atoms with van der Waals surface area (Å²) < 4.78 is 15.6. The van der Waals surface area contributed by atoms with E-state index in [1.54, 1.807) is 18.3 Å². The molecule has 2 saturated heterocycles. The van der Waals surface area contributed by atoms with Crippen LogP contribution in [0.25, 0.3) is 22.5 Å². The van der Waals surface area contributed by atoms with Gasteiger partial charge in [0.25, 0.3) is 5.56 Å². The smallest absolute Gasteiger partial charge is 0.251 e. The molecule has 2 aliphatic heterocycles. The van der Waals surface area contributed by atoms with Crippen molar-refractivity contribution in [3.05, 3.63) is 52.8 Å². The Labute approximate surface area is 203 Å². The molecule has 0 saturated carbocycles. The van der Waals surface area contributed by atoms with Crippen molar-refractivity contribution in [1.29, 1.82) is 0 Å². The van der Waals surface area contributed by atoms with Crippen LogP contribution in [-0.2, 0) is 7.05 Å². The van der Waals surface area contributed by atoms with E-state index in [2.05, 4.69) is 39.2 Å². The van der Waals surface area contributed by atoms with Gasteiger partial charge in [-0.25, -0.2) is 9.37 Å². The third-order valence-electron chi connectivity index (χ3n) is 7.62. The zero-order valence-corrected chi connectivity index (χ0v) is 20.5. The molecule has 9 heteroatoms. The van der Waals surface area contributed by atoms with Crippen molar-refractivity contribution in [3.8, 4) is 28.3 Å². The monoisotopic (exact) mass is 478 g/mol. The second-order valence-electron chi connectivity index (χ2n) is 10.6. The van der Waals surface area contributed by atoms with E-state index in [1.807, 2.05) is 7.05 Å². The van der Waals surface area contributed by atoms with E-state index in [9.17, 15) is 14.3 Å². The Bertz CT molecular complexity index is 1310. The number of aromatic hydroxyl groups is 1. The molecule has 0 unspecified atom stereocenters. The normalized spacial score (nSPS) is 25.9. The zero-order valence-electron chi connectivity index (χ0n) is 20.5. The summed E-state index contributed by atoms with van der Waals surface area (Å²) in [5, 5.41) is 23.2. The third-order valence-corrected chi connectivity index (χ3v) is 7.62. The van der Waals surface area contributed by atoms with Crippen molar-refractivity contribution in [2.45, 2.75) is 63.1 Å². The van der Waals surface area contributed by atoms with Gasteiger partial charge in [-0.3, -0.25) is 4.79 Å². The number of phenols is 1. The minimum Gasteiger partial charge on any atom is -0.507 e. The largest absolute Gasteiger partial charge is 0.507 e. The maximum atomic E-state index is 14.4. The van der Waals surface area contributed by atoms with E-state index in [0.29, 0.717) is 23.0 Å². The first kappa shape index (κ1) is 23.4. The van der Waals surface area contributed by atoms with Crippen molar-refractivity contribution >= 4 is 5.82 Å². The Morgan fingerprint density at radius 1 is 1.14 bits per heavy atom. The predicted octanol–water partition coefficient (Wildman–Crippen LogP) is 3.64. The molecule has 5 rings (SSSR count). The molecule has 3 aromatic rings.